The minimum absolute atomic E-state index is 0.0737. The third-order valence-corrected chi connectivity index (χ3v) is 4.84. The van der Waals surface area contributed by atoms with Crippen molar-refractivity contribution in [1.82, 2.24) is 14.9 Å². The van der Waals surface area contributed by atoms with Crippen LogP contribution in [0.5, 0.6) is 5.75 Å². The molecular weight excluding hydrogens is 356 g/mol. The molecule has 0 aliphatic carbocycles. The largest absolute Gasteiger partial charge is 0.489 e. The van der Waals surface area contributed by atoms with E-state index in [2.05, 4.69) is 14.9 Å². The molecule has 2 aliphatic heterocycles. The summed E-state index contributed by atoms with van der Waals surface area (Å²) < 4.78 is 11.4. The molecule has 1 saturated heterocycles. The lowest BCUT2D eigenvalue weighted by atomic mass is 10.1. The average Bonchev–Trinajstić information content (AvgIpc) is 2.58. The molecule has 1 aromatic carbocycles. The quantitative estimate of drug-likeness (QED) is 0.658. The van der Waals surface area contributed by atoms with Crippen molar-refractivity contribution in [3.8, 4) is 5.75 Å². The minimum atomic E-state index is -0.500. The van der Waals surface area contributed by atoms with Gasteiger partial charge in [-0.25, -0.2) is 14.8 Å². The molecule has 26 heavy (non-hydrogen) atoms. The van der Waals surface area contributed by atoms with Crippen LogP contribution in [0.25, 0.3) is 10.9 Å². The summed E-state index contributed by atoms with van der Waals surface area (Å²) in [6, 6.07) is 3.95. The Morgan fingerprint density at radius 1 is 1.31 bits per heavy atom. The maximum atomic E-state index is 12.4. The van der Waals surface area contributed by atoms with Crippen LogP contribution in [0.1, 0.15) is 20.8 Å². The van der Waals surface area contributed by atoms with Crippen molar-refractivity contribution < 1.29 is 14.3 Å². The molecule has 1 unspecified atom stereocenters. The van der Waals surface area contributed by atoms with Gasteiger partial charge in [0.2, 0.25) is 0 Å². The van der Waals surface area contributed by atoms with E-state index in [0.29, 0.717) is 31.4 Å². The number of ether oxygens (including phenoxy) is 2. The van der Waals surface area contributed by atoms with Crippen molar-refractivity contribution in [2.24, 2.45) is 0 Å². The number of benzene rings is 1. The smallest absolute Gasteiger partial charge is 0.410 e. The first-order valence-corrected chi connectivity index (χ1v) is 9.01. The highest BCUT2D eigenvalue weighted by molar-refractivity contribution is 6.34. The first kappa shape index (κ1) is 17.1. The number of halogens is 1. The van der Waals surface area contributed by atoms with Crippen LogP contribution < -0.4 is 9.64 Å². The molecule has 1 amide bonds. The van der Waals surface area contributed by atoms with Gasteiger partial charge in [-0.1, -0.05) is 11.6 Å². The topological polar surface area (TPSA) is 67.8 Å². The summed E-state index contributed by atoms with van der Waals surface area (Å²) in [5.41, 5.74) is 1.23. The van der Waals surface area contributed by atoms with Gasteiger partial charge in [-0.15, -0.1) is 0 Å². The molecular formula is C18H21ClN4O3. The Kier molecular flexibility index (Phi) is 4.06. The van der Waals surface area contributed by atoms with Gasteiger partial charge in [-0.3, -0.25) is 0 Å². The number of amides is 1. The van der Waals surface area contributed by atoms with Crippen molar-refractivity contribution >= 4 is 34.3 Å². The molecule has 1 atom stereocenters. The predicted octanol–water partition coefficient (Wildman–Crippen LogP) is 3.10. The maximum Gasteiger partial charge on any atom is 0.410 e. The van der Waals surface area contributed by atoms with Crippen LogP contribution in [-0.4, -0.2) is 58.8 Å². The minimum Gasteiger partial charge on any atom is -0.489 e. The van der Waals surface area contributed by atoms with E-state index in [1.165, 1.54) is 6.33 Å². The van der Waals surface area contributed by atoms with Crippen LogP contribution in [0.3, 0.4) is 0 Å². The van der Waals surface area contributed by atoms with Crippen LogP contribution in [0.4, 0.5) is 10.5 Å². The lowest BCUT2D eigenvalue weighted by molar-refractivity contribution is 0.0195. The Balaban J connectivity index is 1.59. The van der Waals surface area contributed by atoms with Crippen molar-refractivity contribution in [3.05, 3.63) is 23.6 Å². The molecule has 1 fully saturated rings. The molecule has 2 aromatic rings. The number of carbonyl (C=O) groups is 1. The van der Waals surface area contributed by atoms with Crippen LogP contribution in [0.2, 0.25) is 5.15 Å². The zero-order valence-electron chi connectivity index (χ0n) is 15.0. The number of fused-ring (bicyclic) bond motifs is 4. The van der Waals surface area contributed by atoms with Crippen molar-refractivity contribution in [2.45, 2.75) is 32.4 Å². The normalized spacial score (nSPS) is 19.6. The van der Waals surface area contributed by atoms with Gasteiger partial charge in [0, 0.05) is 31.1 Å². The van der Waals surface area contributed by atoms with Gasteiger partial charge in [0.25, 0.3) is 0 Å². The Bertz CT molecular complexity index is 867. The predicted molar refractivity (Wildman–Crippen MR) is 99.0 cm³/mol. The fourth-order valence-corrected chi connectivity index (χ4v) is 3.57. The van der Waals surface area contributed by atoms with E-state index >= 15 is 0 Å². The van der Waals surface area contributed by atoms with E-state index in [0.717, 1.165) is 22.3 Å². The highest BCUT2D eigenvalue weighted by Gasteiger charge is 2.36. The second-order valence-electron chi connectivity index (χ2n) is 7.59. The molecule has 1 aromatic heterocycles. The third-order valence-electron chi connectivity index (χ3n) is 4.54. The number of carbonyl (C=O) groups excluding carboxylic acids is 1. The fraction of sp³-hybridized carbons (Fsp3) is 0.500. The summed E-state index contributed by atoms with van der Waals surface area (Å²) in [7, 11) is 0. The number of hydrogen-bond acceptors (Lipinski definition) is 6. The molecule has 8 heteroatoms. The fourth-order valence-electron chi connectivity index (χ4n) is 3.37. The average molecular weight is 377 g/mol. The van der Waals surface area contributed by atoms with Crippen LogP contribution in [0.15, 0.2) is 18.5 Å². The SMILES string of the molecule is CC(C)(C)OC(=O)N1CCN2c3cc4c(Cl)ncnc4cc3OCC2C1. The highest BCUT2D eigenvalue weighted by Crippen LogP contribution is 2.39. The molecule has 0 bridgehead atoms. The molecule has 7 nitrogen and oxygen atoms in total. The summed E-state index contributed by atoms with van der Waals surface area (Å²) >= 11 is 6.22. The van der Waals surface area contributed by atoms with E-state index in [1.54, 1.807) is 4.90 Å². The van der Waals surface area contributed by atoms with Gasteiger partial charge < -0.3 is 19.3 Å². The van der Waals surface area contributed by atoms with Gasteiger partial charge >= 0.3 is 6.09 Å². The number of hydrogen-bond donors (Lipinski definition) is 0. The molecule has 0 saturated carbocycles. The first-order valence-electron chi connectivity index (χ1n) is 8.63. The number of aromatic nitrogens is 2. The molecule has 4 rings (SSSR count). The maximum absolute atomic E-state index is 12.4. The van der Waals surface area contributed by atoms with Crippen molar-refractivity contribution in [3.63, 3.8) is 0 Å². The Morgan fingerprint density at radius 3 is 2.88 bits per heavy atom. The molecule has 0 N–H and O–H groups in total. The van der Waals surface area contributed by atoms with Crippen LogP contribution >= 0.6 is 11.6 Å². The van der Waals surface area contributed by atoms with Gasteiger partial charge in [0.1, 0.15) is 29.4 Å². The molecule has 138 valence electrons. The third kappa shape index (κ3) is 3.11. The highest BCUT2D eigenvalue weighted by atomic mass is 35.5. The molecule has 0 spiro atoms. The molecule has 2 aliphatic rings. The van der Waals surface area contributed by atoms with Crippen LogP contribution in [0, 0.1) is 0 Å². The summed E-state index contributed by atoms with van der Waals surface area (Å²) in [6.45, 7) is 8.00. The van der Waals surface area contributed by atoms with E-state index in [-0.39, 0.29) is 12.1 Å². The summed E-state index contributed by atoms with van der Waals surface area (Å²) in [4.78, 5) is 24.7. The first-order chi connectivity index (χ1) is 12.3. The number of rotatable bonds is 0. The summed E-state index contributed by atoms with van der Waals surface area (Å²) in [5, 5.41) is 1.22. The monoisotopic (exact) mass is 376 g/mol. The van der Waals surface area contributed by atoms with Gasteiger partial charge in [0.15, 0.2) is 0 Å². The summed E-state index contributed by atoms with van der Waals surface area (Å²) in [5.74, 6) is 0.786. The standard InChI is InChI=1S/C18H21ClN4O3/c1-18(2,3)26-17(24)22-4-5-23-11(8-22)9-25-15-7-13-12(6-14(15)23)16(19)21-10-20-13/h6-7,10-11H,4-5,8-9H2,1-3H3. The lowest BCUT2D eigenvalue weighted by Gasteiger charge is -2.45. The molecule has 0 radical (unpaired) electrons. The van der Waals surface area contributed by atoms with E-state index in [4.69, 9.17) is 21.1 Å². The van der Waals surface area contributed by atoms with Gasteiger partial charge in [-0.2, -0.15) is 0 Å². The second kappa shape index (κ2) is 6.16. The number of anilines is 1. The second-order valence-corrected chi connectivity index (χ2v) is 7.94. The Morgan fingerprint density at radius 2 is 2.12 bits per heavy atom. The van der Waals surface area contributed by atoms with Crippen LogP contribution in [-0.2, 0) is 4.74 Å². The van der Waals surface area contributed by atoms with E-state index in [1.807, 2.05) is 32.9 Å². The Hall–Kier alpha value is -2.28. The number of piperazine rings is 1. The van der Waals surface area contributed by atoms with E-state index in [9.17, 15) is 4.79 Å². The summed E-state index contributed by atoms with van der Waals surface area (Å²) in [6.07, 6.45) is 1.17. The number of nitrogens with zero attached hydrogens (tertiary/aromatic N) is 4. The zero-order valence-corrected chi connectivity index (χ0v) is 15.8. The van der Waals surface area contributed by atoms with Crippen molar-refractivity contribution in [1.29, 1.82) is 0 Å². The van der Waals surface area contributed by atoms with E-state index < -0.39 is 5.60 Å². The lowest BCUT2D eigenvalue weighted by Crippen LogP contribution is -2.59. The Labute approximate surface area is 156 Å². The molecule has 3 heterocycles. The van der Waals surface area contributed by atoms with Crippen molar-refractivity contribution in [2.75, 3.05) is 31.1 Å². The zero-order chi connectivity index (χ0) is 18.5. The van der Waals surface area contributed by atoms with Gasteiger partial charge in [-0.05, 0) is 26.8 Å². The van der Waals surface area contributed by atoms with Gasteiger partial charge in [0.05, 0.1) is 17.2 Å².